The van der Waals surface area contributed by atoms with Gasteiger partial charge in [0.25, 0.3) is 0 Å². The number of fused-ring (bicyclic) bond motifs is 4. The molecule has 0 aliphatic carbocycles. The van der Waals surface area contributed by atoms with Crippen LogP contribution in [-0.4, -0.2) is 0 Å². The Balaban J connectivity index is 1.55. The molecule has 6 heteroatoms. The maximum atomic E-state index is 14.8. The molecule has 0 saturated carbocycles. The van der Waals surface area contributed by atoms with E-state index in [-0.39, 0.29) is 23.5 Å². The van der Waals surface area contributed by atoms with Crippen molar-refractivity contribution in [1.29, 1.82) is 0 Å². The lowest BCUT2D eigenvalue weighted by atomic mass is 9.78. The van der Waals surface area contributed by atoms with Crippen molar-refractivity contribution < 1.29 is 8.78 Å². The van der Waals surface area contributed by atoms with Crippen molar-refractivity contribution in [3.05, 3.63) is 168 Å². The van der Waals surface area contributed by atoms with E-state index in [9.17, 15) is 8.78 Å². The van der Waals surface area contributed by atoms with Gasteiger partial charge in [-0.05, 0) is 101 Å². The quantitative estimate of drug-likeness (QED) is 0.167. The molecule has 0 fully saturated rings. The monoisotopic (exact) mass is 744 g/mol. The Morgan fingerprint density at radius 3 is 0.981 bits per heavy atom. The van der Waals surface area contributed by atoms with E-state index in [1.807, 2.05) is 24.3 Å². The highest BCUT2D eigenvalue weighted by molar-refractivity contribution is 8.00. The highest BCUT2D eigenvalue weighted by Gasteiger charge is 2.38. The summed E-state index contributed by atoms with van der Waals surface area (Å²) in [4.78, 5) is 9.56. The van der Waals surface area contributed by atoms with Crippen LogP contribution in [0, 0.1) is 11.6 Å². The van der Waals surface area contributed by atoms with Gasteiger partial charge in [-0.3, -0.25) is 0 Å². The number of hydrogen-bond donors (Lipinski definition) is 0. The first-order valence-corrected chi connectivity index (χ1v) is 20.0. The molecule has 0 radical (unpaired) electrons. The first kappa shape index (κ1) is 34.5. The lowest BCUT2D eigenvalue weighted by Crippen LogP contribution is -2.24. The Morgan fingerprint density at radius 2 is 0.685 bits per heavy atom. The molecule has 0 aromatic heterocycles. The van der Waals surface area contributed by atoms with Crippen LogP contribution in [0.25, 0.3) is 22.3 Å². The molecule has 2 nitrogen and oxygen atoms in total. The maximum Gasteiger partial charge on any atom is 0.123 e. The van der Waals surface area contributed by atoms with Crippen LogP contribution in [0.4, 0.5) is 42.9 Å². The van der Waals surface area contributed by atoms with Crippen molar-refractivity contribution in [3.8, 4) is 22.3 Å². The number of anilines is 6. The van der Waals surface area contributed by atoms with Gasteiger partial charge < -0.3 is 9.80 Å². The fraction of sp³-hybridized carbons (Fsp3) is 0.125. The first-order chi connectivity index (χ1) is 26.3. The smallest absolute Gasteiger partial charge is 0.123 e. The number of rotatable bonds is 6. The van der Waals surface area contributed by atoms with Crippen molar-refractivity contribution in [2.24, 2.45) is 0 Å². The lowest BCUT2D eigenvalue weighted by Gasteiger charge is -2.42. The van der Waals surface area contributed by atoms with Crippen LogP contribution in [0.1, 0.15) is 50.7 Å². The summed E-state index contributed by atoms with van der Waals surface area (Å²) in [5.74, 6) is -0.541. The molecule has 7 aromatic carbocycles. The minimum absolute atomic E-state index is 0.0115. The summed E-state index contributed by atoms with van der Waals surface area (Å²) in [6, 6.07) is 48.4. The van der Waals surface area contributed by atoms with E-state index in [2.05, 4.69) is 135 Å². The molecule has 2 aliphatic heterocycles. The second-order valence-corrected chi connectivity index (χ2v) is 16.5. The molecule has 2 heterocycles. The highest BCUT2D eigenvalue weighted by atomic mass is 32.2. The fourth-order valence-corrected chi connectivity index (χ4v) is 10.2. The SMILES string of the molecule is CC(C)c1c(-c2ccc(F)cc2)c(N2c3ccccc3Sc3ccccc32)c(C(C)C)c(N2c3ccccc3Sc3ccccc32)c1-c1ccc(F)cc1. The summed E-state index contributed by atoms with van der Waals surface area (Å²) in [5, 5.41) is 0. The molecular weight excluding hydrogens is 707 g/mol. The van der Waals surface area contributed by atoms with E-state index in [1.165, 1.54) is 0 Å². The van der Waals surface area contributed by atoms with Gasteiger partial charge in [0.05, 0.1) is 34.1 Å². The number of para-hydroxylation sites is 4. The molecule has 0 bridgehead atoms. The summed E-state index contributed by atoms with van der Waals surface area (Å²) in [7, 11) is 0. The Morgan fingerprint density at radius 1 is 0.389 bits per heavy atom. The Hall–Kier alpha value is -5.30. The zero-order valence-electron chi connectivity index (χ0n) is 30.5. The molecule has 9 rings (SSSR count). The van der Waals surface area contributed by atoms with Gasteiger partial charge in [0.15, 0.2) is 0 Å². The molecular formula is C48H38F2N2S2. The third kappa shape index (κ3) is 5.71. The number of hydrogen-bond acceptors (Lipinski definition) is 4. The maximum absolute atomic E-state index is 14.8. The van der Waals surface area contributed by atoms with Crippen LogP contribution in [0.3, 0.4) is 0 Å². The third-order valence-electron chi connectivity index (χ3n) is 10.3. The van der Waals surface area contributed by atoms with Crippen LogP contribution >= 0.6 is 23.5 Å². The Kier molecular flexibility index (Phi) is 8.83. The molecule has 7 aromatic rings. The van der Waals surface area contributed by atoms with Gasteiger partial charge >= 0.3 is 0 Å². The van der Waals surface area contributed by atoms with E-state index < -0.39 is 0 Å². The predicted molar refractivity (Wildman–Crippen MR) is 223 cm³/mol. The average Bonchev–Trinajstić information content (AvgIpc) is 3.18. The second-order valence-electron chi connectivity index (χ2n) is 14.3. The number of benzene rings is 7. The van der Waals surface area contributed by atoms with Crippen molar-refractivity contribution >= 4 is 57.6 Å². The molecule has 2 aliphatic rings. The Labute approximate surface area is 324 Å². The second kappa shape index (κ2) is 13.8. The third-order valence-corrected chi connectivity index (χ3v) is 12.5. The van der Waals surface area contributed by atoms with E-state index in [1.54, 1.807) is 47.8 Å². The summed E-state index contributed by atoms with van der Waals surface area (Å²) < 4.78 is 29.7. The van der Waals surface area contributed by atoms with E-state index in [4.69, 9.17) is 0 Å². The van der Waals surface area contributed by atoms with Crippen LogP contribution < -0.4 is 9.80 Å². The van der Waals surface area contributed by atoms with Crippen molar-refractivity contribution in [2.75, 3.05) is 9.80 Å². The van der Waals surface area contributed by atoms with E-state index in [0.717, 1.165) is 87.1 Å². The summed E-state index contributed by atoms with van der Waals surface area (Å²) in [5.41, 5.74) is 12.7. The molecule has 0 atom stereocenters. The largest absolute Gasteiger partial charge is 0.307 e. The van der Waals surface area contributed by atoms with Crippen molar-refractivity contribution in [3.63, 3.8) is 0 Å². The van der Waals surface area contributed by atoms with Crippen LogP contribution in [-0.2, 0) is 0 Å². The molecule has 0 amide bonds. The standard InChI is InChI=1S/C48H38F2N2S2/c1-29(2)43-45(31-21-25-33(49)26-22-31)47(51-35-13-5-9-17-39(35)53-40-18-10-6-14-36(40)51)44(30(3)4)48(46(43)32-23-27-34(50)28-24-32)52-37-15-7-11-19-41(37)54-42-20-12-8-16-38(42)52/h5-30H,1-4H3. The molecule has 54 heavy (non-hydrogen) atoms. The summed E-state index contributed by atoms with van der Waals surface area (Å²) in [6.07, 6.45) is 0. The molecule has 266 valence electrons. The minimum Gasteiger partial charge on any atom is -0.307 e. The minimum atomic E-state index is -0.282. The number of halogens is 2. The normalized spacial score (nSPS) is 13.1. The zero-order valence-corrected chi connectivity index (χ0v) is 32.1. The average molecular weight is 745 g/mol. The van der Waals surface area contributed by atoms with Crippen molar-refractivity contribution in [1.82, 2.24) is 0 Å². The topological polar surface area (TPSA) is 6.48 Å². The zero-order chi connectivity index (χ0) is 37.1. The van der Waals surface area contributed by atoms with E-state index >= 15 is 0 Å². The Bertz CT molecular complexity index is 2290. The predicted octanol–water partition coefficient (Wildman–Crippen LogP) is 15.4. The van der Waals surface area contributed by atoms with Gasteiger partial charge in [-0.1, -0.05) is 124 Å². The lowest BCUT2D eigenvalue weighted by molar-refractivity contribution is 0.627. The fourth-order valence-electron chi connectivity index (χ4n) is 8.06. The summed E-state index contributed by atoms with van der Waals surface area (Å²) >= 11 is 3.57. The number of nitrogens with zero attached hydrogens (tertiary/aromatic N) is 2. The summed E-state index contributed by atoms with van der Waals surface area (Å²) in [6.45, 7) is 9.01. The van der Waals surface area contributed by atoms with Gasteiger partial charge in [0.1, 0.15) is 11.6 Å². The van der Waals surface area contributed by atoms with Gasteiger partial charge in [0, 0.05) is 36.3 Å². The molecule has 0 unspecified atom stereocenters. The van der Waals surface area contributed by atoms with Crippen LogP contribution in [0.2, 0.25) is 0 Å². The van der Waals surface area contributed by atoms with Gasteiger partial charge in [-0.25, -0.2) is 8.78 Å². The van der Waals surface area contributed by atoms with E-state index in [0.29, 0.717) is 0 Å². The molecule has 0 N–H and O–H groups in total. The van der Waals surface area contributed by atoms with Gasteiger partial charge in [-0.2, -0.15) is 0 Å². The van der Waals surface area contributed by atoms with Gasteiger partial charge in [0.2, 0.25) is 0 Å². The van der Waals surface area contributed by atoms with Crippen LogP contribution in [0.5, 0.6) is 0 Å². The first-order valence-electron chi connectivity index (χ1n) is 18.4. The molecule has 0 saturated heterocycles. The van der Waals surface area contributed by atoms with Crippen LogP contribution in [0.15, 0.2) is 165 Å². The molecule has 0 spiro atoms. The highest BCUT2D eigenvalue weighted by Crippen LogP contribution is 2.63. The van der Waals surface area contributed by atoms with Gasteiger partial charge in [-0.15, -0.1) is 0 Å². The van der Waals surface area contributed by atoms with Crippen molar-refractivity contribution in [2.45, 2.75) is 59.1 Å².